The van der Waals surface area contributed by atoms with Crippen molar-refractivity contribution in [3.63, 3.8) is 0 Å². The van der Waals surface area contributed by atoms with Gasteiger partial charge < -0.3 is 9.84 Å². The fourth-order valence-corrected chi connectivity index (χ4v) is 1.56. The van der Waals surface area contributed by atoms with E-state index in [2.05, 4.69) is 9.97 Å². The summed E-state index contributed by atoms with van der Waals surface area (Å²) in [6, 6.07) is 5.40. The van der Waals surface area contributed by atoms with Crippen molar-refractivity contribution in [2.24, 2.45) is 0 Å². The lowest BCUT2D eigenvalue weighted by molar-refractivity contribution is 0.218. The first-order valence-corrected chi connectivity index (χ1v) is 5.47. The minimum atomic E-state index is -0.725. The summed E-state index contributed by atoms with van der Waals surface area (Å²) in [5.41, 5.74) is 1.44. The van der Waals surface area contributed by atoms with Crippen LogP contribution in [0.5, 0.6) is 5.75 Å². The number of ether oxygens (including phenoxy) is 1. The first kappa shape index (κ1) is 11.5. The molecule has 0 bridgehead atoms. The van der Waals surface area contributed by atoms with E-state index in [-0.39, 0.29) is 0 Å². The highest BCUT2D eigenvalue weighted by molar-refractivity contribution is 5.31. The third kappa shape index (κ3) is 2.79. The third-order valence-corrected chi connectivity index (χ3v) is 2.36. The Bertz CT molecular complexity index is 474. The van der Waals surface area contributed by atoms with E-state index in [1.54, 1.807) is 36.9 Å². The minimum Gasteiger partial charge on any atom is -0.492 e. The molecule has 0 saturated heterocycles. The lowest BCUT2D eigenvalue weighted by Gasteiger charge is -2.11. The van der Waals surface area contributed by atoms with Crippen molar-refractivity contribution in [1.82, 2.24) is 9.97 Å². The molecule has 4 heteroatoms. The molecule has 17 heavy (non-hydrogen) atoms. The normalized spacial score (nSPS) is 12.1. The molecule has 0 radical (unpaired) electrons. The standard InChI is InChI=1S/C13H14N2O2/c1-2-17-12-6-11(8-15-9-12)13(16)10-4-3-5-14-7-10/h3-9,13,16H,2H2,1H3. The maximum absolute atomic E-state index is 10.1. The van der Waals surface area contributed by atoms with E-state index in [0.29, 0.717) is 17.9 Å². The first-order valence-electron chi connectivity index (χ1n) is 5.47. The zero-order valence-corrected chi connectivity index (χ0v) is 9.58. The number of hydrogen-bond acceptors (Lipinski definition) is 4. The van der Waals surface area contributed by atoms with E-state index in [1.807, 2.05) is 13.0 Å². The summed E-state index contributed by atoms with van der Waals surface area (Å²) in [4.78, 5) is 8.02. The van der Waals surface area contributed by atoms with Crippen LogP contribution in [0.4, 0.5) is 0 Å². The molecule has 0 fully saturated rings. The van der Waals surface area contributed by atoms with Crippen LogP contribution >= 0.6 is 0 Å². The predicted octanol–water partition coefficient (Wildman–Crippen LogP) is 1.96. The first-order chi connectivity index (χ1) is 8.31. The molecule has 1 atom stereocenters. The number of hydrogen-bond donors (Lipinski definition) is 1. The van der Waals surface area contributed by atoms with Crippen LogP contribution in [0.1, 0.15) is 24.2 Å². The van der Waals surface area contributed by atoms with E-state index in [4.69, 9.17) is 4.74 Å². The Kier molecular flexibility index (Phi) is 3.67. The van der Waals surface area contributed by atoms with Gasteiger partial charge in [-0.2, -0.15) is 0 Å². The van der Waals surface area contributed by atoms with Gasteiger partial charge in [0.2, 0.25) is 0 Å². The van der Waals surface area contributed by atoms with E-state index in [9.17, 15) is 5.11 Å². The monoisotopic (exact) mass is 230 g/mol. The van der Waals surface area contributed by atoms with Crippen LogP contribution in [-0.4, -0.2) is 21.7 Å². The molecule has 2 rings (SSSR count). The smallest absolute Gasteiger partial charge is 0.137 e. The van der Waals surface area contributed by atoms with Crippen LogP contribution in [-0.2, 0) is 0 Å². The van der Waals surface area contributed by atoms with Gasteiger partial charge in [-0.05, 0) is 19.1 Å². The number of aromatic nitrogens is 2. The Morgan fingerprint density at radius 3 is 2.76 bits per heavy atom. The van der Waals surface area contributed by atoms with E-state index in [0.717, 1.165) is 5.56 Å². The third-order valence-electron chi connectivity index (χ3n) is 2.36. The molecule has 2 aromatic heterocycles. The Hall–Kier alpha value is -1.94. The van der Waals surface area contributed by atoms with Gasteiger partial charge in [-0.1, -0.05) is 6.07 Å². The zero-order chi connectivity index (χ0) is 12.1. The molecule has 88 valence electrons. The second kappa shape index (κ2) is 5.41. The molecule has 0 aromatic carbocycles. The van der Waals surface area contributed by atoms with Gasteiger partial charge in [-0.25, -0.2) is 0 Å². The molecular weight excluding hydrogens is 216 g/mol. The fourth-order valence-electron chi connectivity index (χ4n) is 1.56. The van der Waals surface area contributed by atoms with Gasteiger partial charge in [0.05, 0.1) is 12.8 Å². The predicted molar refractivity (Wildman–Crippen MR) is 63.7 cm³/mol. The molecule has 2 heterocycles. The van der Waals surface area contributed by atoms with E-state index < -0.39 is 6.10 Å². The molecule has 1 unspecified atom stereocenters. The highest BCUT2D eigenvalue weighted by Crippen LogP contribution is 2.23. The number of rotatable bonds is 4. The van der Waals surface area contributed by atoms with Crippen molar-refractivity contribution in [1.29, 1.82) is 0 Å². The largest absolute Gasteiger partial charge is 0.492 e. The van der Waals surface area contributed by atoms with Crippen molar-refractivity contribution in [3.05, 3.63) is 54.1 Å². The van der Waals surface area contributed by atoms with Crippen LogP contribution in [0.25, 0.3) is 0 Å². The van der Waals surface area contributed by atoms with Gasteiger partial charge in [0.1, 0.15) is 11.9 Å². The molecular formula is C13H14N2O2. The van der Waals surface area contributed by atoms with Gasteiger partial charge in [0.25, 0.3) is 0 Å². The quantitative estimate of drug-likeness (QED) is 0.872. The van der Waals surface area contributed by atoms with Gasteiger partial charge in [0, 0.05) is 29.7 Å². The maximum Gasteiger partial charge on any atom is 0.137 e. The van der Waals surface area contributed by atoms with Crippen molar-refractivity contribution in [2.45, 2.75) is 13.0 Å². The summed E-state index contributed by atoms with van der Waals surface area (Å²) < 4.78 is 5.34. The van der Waals surface area contributed by atoms with Crippen molar-refractivity contribution < 1.29 is 9.84 Å². The molecule has 0 saturated carbocycles. The molecule has 2 aromatic rings. The summed E-state index contributed by atoms with van der Waals surface area (Å²) in [6.07, 6.45) is 5.84. The Morgan fingerprint density at radius 2 is 2.06 bits per heavy atom. The summed E-state index contributed by atoms with van der Waals surface area (Å²) in [7, 11) is 0. The lowest BCUT2D eigenvalue weighted by Crippen LogP contribution is -2.02. The van der Waals surface area contributed by atoms with Crippen LogP contribution in [0, 0.1) is 0 Å². The highest BCUT2D eigenvalue weighted by Gasteiger charge is 2.11. The molecule has 1 N–H and O–H groups in total. The molecule has 0 aliphatic carbocycles. The summed E-state index contributed by atoms with van der Waals surface area (Å²) in [5.74, 6) is 0.660. The Labute approximate surface area is 99.9 Å². The van der Waals surface area contributed by atoms with Crippen LogP contribution < -0.4 is 4.74 Å². The lowest BCUT2D eigenvalue weighted by atomic mass is 10.1. The van der Waals surface area contributed by atoms with Crippen LogP contribution in [0.15, 0.2) is 43.0 Å². The summed E-state index contributed by atoms with van der Waals surface area (Å²) in [6.45, 7) is 2.48. The van der Waals surface area contributed by atoms with Crippen molar-refractivity contribution >= 4 is 0 Å². The zero-order valence-electron chi connectivity index (χ0n) is 9.58. The maximum atomic E-state index is 10.1. The summed E-state index contributed by atoms with van der Waals surface area (Å²) in [5, 5.41) is 10.1. The molecule has 0 aliphatic heterocycles. The molecule has 0 spiro atoms. The number of pyridine rings is 2. The van der Waals surface area contributed by atoms with E-state index in [1.165, 1.54) is 0 Å². The number of aliphatic hydroxyl groups is 1. The average molecular weight is 230 g/mol. The van der Waals surface area contributed by atoms with E-state index >= 15 is 0 Å². The van der Waals surface area contributed by atoms with Crippen LogP contribution in [0.2, 0.25) is 0 Å². The number of aliphatic hydroxyl groups excluding tert-OH is 1. The highest BCUT2D eigenvalue weighted by atomic mass is 16.5. The second-order valence-corrected chi connectivity index (χ2v) is 3.58. The van der Waals surface area contributed by atoms with Gasteiger partial charge in [0.15, 0.2) is 0 Å². The van der Waals surface area contributed by atoms with Crippen LogP contribution in [0.3, 0.4) is 0 Å². The van der Waals surface area contributed by atoms with Gasteiger partial charge in [-0.3, -0.25) is 9.97 Å². The van der Waals surface area contributed by atoms with Gasteiger partial charge in [-0.15, -0.1) is 0 Å². The molecule has 0 amide bonds. The fraction of sp³-hybridized carbons (Fsp3) is 0.231. The summed E-state index contributed by atoms with van der Waals surface area (Å²) >= 11 is 0. The average Bonchev–Trinajstić information content (AvgIpc) is 2.40. The Morgan fingerprint density at radius 1 is 1.24 bits per heavy atom. The Balaban J connectivity index is 2.25. The molecule has 0 aliphatic rings. The van der Waals surface area contributed by atoms with Crippen molar-refractivity contribution in [3.8, 4) is 5.75 Å². The minimum absolute atomic E-state index is 0.578. The molecule has 4 nitrogen and oxygen atoms in total. The topological polar surface area (TPSA) is 55.2 Å². The van der Waals surface area contributed by atoms with Gasteiger partial charge >= 0.3 is 0 Å². The van der Waals surface area contributed by atoms with Crippen molar-refractivity contribution in [2.75, 3.05) is 6.61 Å². The SMILES string of the molecule is CCOc1cncc(C(O)c2cccnc2)c1. The number of nitrogens with zero attached hydrogens (tertiary/aromatic N) is 2. The second-order valence-electron chi connectivity index (χ2n) is 3.58.